The second kappa shape index (κ2) is 13.9. The van der Waals surface area contributed by atoms with E-state index in [0.717, 1.165) is 0 Å². The number of imidazole rings is 1. The average molecular weight is 662 g/mol. The molecule has 0 fully saturated rings. The van der Waals surface area contributed by atoms with Crippen LogP contribution in [0.25, 0.3) is 11.4 Å². The molecule has 3 aromatic carbocycles. The van der Waals surface area contributed by atoms with Crippen molar-refractivity contribution in [3.05, 3.63) is 89.8 Å². The standard InChI is InChI=1S/C33H29F2N5O8/c1-40-12-11-38-31(40)19-5-4-6-20(15-19)46-32-26(34)29(27(35)33(39-32)47-22-16-18(30(36)37)8-9-21(22)41)48-28-23(44-2)13-17(7-10-25(42)43)14-24(28)45-3/h4-6,8-9,11-16,41H,7,10H2,1-3H3,(H3,36,37)(H,42,43). The number of nitrogens with zero attached hydrogens (tertiary/aromatic N) is 3. The fourth-order valence-electron chi connectivity index (χ4n) is 4.56. The molecule has 5 N–H and O–H groups in total. The number of pyridine rings is 1. The molecule has 0 aliphatic carbocycles. The van der Waals surface area contributed by atoms with Gasteiger partial charge in [0.25, 0.3) is 11.8 Å². The van der Waals surface area contributed by atoms with Gasteiger partial charge in [-0.3, -0.25) is 10.2 Å². The van der Waals surface area contributed by atoms with Crippen LogP contribution in [0.3, 0.4) is 0 Å². The van der Waals surface area contributed by atoms with Gasteiger partial charge in [0.15, 0.2) is 23.0 Å². The van der Waals surface area contributed by atoms with Crippen LogP contribution in [0.5, 0.6) is 52.0 Å². The molecule has 5 aromatic rings. The number of aromatic hydroxyl groups is 1. The minimum absolute atomic E-state index is 0.0233. The third-order valence-corrected chi connectivity index (χ3v) is 6.93. The number of aryl methyl sites for hydroxylation is 2. The molecule has 48 heavy (non-hydrogen) atoms. The lowest BCUT2D eigenvalue weighted by Gasteiger charge is -2.18. The molecule has 0 radical (unpaired) electrons. The number of carboxylic acid groups (broad SMARTS) is 1. The first-order chi connectivity index (χ1) is 23.0. The van der Waals surface area contributed by atoms with Gasteiger partial charge in [-0.25, -0.2) is 4.98 Å². The maximum Gasteiger partial charge on any atom is 0.303 e. The second-order valence-electron chi connectivity index (χ2n) is 10.2. The van der Waals surface area contributed by atoms with Crippen molar-refractivity contribution in [3.8, 4) is 63.4 Å². The summed E-state index contributed by atoms with van der Waals surface area (Å²) in [5.74, 6) is -7.29. The largest absolute Gasteiger partial charge is 0.504 e. The van der Waals surface area contributed by atoms with Crippen LogP contribution in [0.2, 0.25) is 0 Å². The van der Waals surface area contributed by atoms with Gasteiger partial charge < -0.3 is 44.2 Å². The molecule has 2 aromatic heterocycles. The van der Waals surface area contributed by atoms with Crippen molar-refractivity contribution in [3.63, 3.8) is 0 Å². The maximum absolute atomic E-state index is 16.2. The van der Waals surface area contributed by atoms with Crippen LogP contribution in [0.4, 0.5) is 8.78 Å². The Bertz CT molecular complexity index is 1990. The van der Waals surface area contributed by atoms with E-state index in [1.165, 1.54) is 50.6 Å². The maximum atomic E-state index is 16.2. The molecule has 0 aliphatic heterocycles. The van der Waals surface area contributed by atoms with Crippen molar-refractivity contribution < 1.29 is 47.5 Å². The number of phenols is 1. The first kappa shape index (κ1) is 33.0. The van der Waals surface area contributed by atoms with Crippen LogP contribution in [0.1, 0.15) is 17.5 Å². The first-order valence-corrected chi connectivity index (χ1v) is 14.1. The average Bonchev–Trinajstić information content (AvgIpc) is 3.50. The molecule has 0 amide bonds. The zero-order valence-corrected chi connectivity index (χ0v) is 25.8. The molecular formula is C33H29F2N5O8. The summed E-state index contributed by atoms with van der Waals surface area (Å²) in [5, 5.41) is 27.2. The highest BCUT2D eigenvalue weighted by Gasteiger charge is 2.29. The number of nitrogen functional groups attached to an aromatic ring is 1. The molecule has 13 nitrogen and oxygen atoms in total. The molecule has 0 atom stereocenters. The summed E-state index contributed by atoms with van der Waals surface area (Å²) in [6.07, 6.45) is 3.26. The van der Waals surface area contributed by atoms with E-state index in [0.29, 0.717) is 17.0 Å². The van der Waals surface area contributed by atoms with E-state index in [-0.39, 0.29) is 53.0 Å². The zero-order chi connectivity index (χ0) is 34.5. The highest BCUT2D eigenvalue weighted by Crippen LogP contribution is 2.46. The fraction of sp³-hybridized carbons (Fsp3) is 0.152. The monoisotopic (exact) mass is 661 g/mol. The number of carboxylic acids is 1. The van der Waals surface area contributed by atoms with Gasteiger partial charge in [0, 0.05) is 37.0 Å². The van der Waals surface area contributed by atoms with E-state index in [1.54, 1.807) is 42.2 Å². The van der Waals surface area contributed by atoms with Gasteiger partial charge in [0.05, 0.1) is 14.2 Å². The normalized spacial score (nSPS) is 10.8. The van der Waals surface area contributed by atoms with E-state index in [1.807, 2.05) is 0 Å². The number of nitrogens with two attached hydrogens (primary N) is 1. The van der Waals surface area contributed by atoms with Crippen molar-refractivity contribution in [2.75, 3.05) is 14.2 Å². The number of aliphatic carboxylic acids is 1. The Balaban J connectivity index is 1.63. The molecule has 0 aliphatic rings. The summed E-state index contributed by atoms with van der Waals surface area (Å²) in [5.41, 5.74) is 6.82. The Hall–Kier alpha value is -6.38. The number of hydrogen-bond acceptors (Lipinski definition) is 10. The number of amidine groups is 1. The topological polar surface area (TPSA) is 184 Å². The van der Waals surface area contributed by atoms with E-state index in [9.17, 15) is 9.90 Å². The zero-order valence-electron chi connectivity index (χ0n) is 25.8. The number of halogens is 2. The van der Waals surface area contributed by atoms with Crippen molar-refractivity contribution in [1.82, 2.24) is 14.5 Å². The smallest absolute Gasteiger partial charge is 0.303 e. The molecule has 15 heteroatoms. The number of ether oxygens (including phenoxy) is 5. The molecule has 0 bridgehead atoms. The van der Waals surface area contributed by atoms with Crippen LogP contribution in [0, 0.1) is 17.0 Å². The predicted molar refractivity (Wildman–Crippen MR) is 168 cm³/mol. The van der Waals surface area contributed by atoms with Gasteiger partial charge in [-0.2, -0.15) is 13.8 Å². The van der Waals surface area contributed by atoms with Crippen LogP contribution >= 0.6 is 0 Å². The number of benzene rings is 3. The van der Waals surface area contributed by atoms with E-state index >= 15 is 8.78 Å². The SMILES string of the molecule is COc1cc(CCC(=O)O)cc(OC)c1Oc1c(F)c(Oc2cccc(-c3nccn3C)c2)nc(Oc2cc(C(=N)N)ccc2O)c1F. The van der Waals surface area contributed by atoms with Crippen LogP contribution in [-0.4, -0.2) is 50.8 Å². The Morgan fingerprint density at radius 1 is 0.938 bits per heavy atom. The van der Waals surface area contributed by atoms with E-state index in [2.05, 4.69) is 9.97 Å². The molecule has 248 valence electrons. The Kier molecular flexibility index (Phi) is 9.59. The van der Waals surface area contributed by atoms with E-state index in [4.69, 9.17) is 39.9 Å². The third kappa shape index (κ3) is 7.04. The van der Waals surface area contributed by atoms with E-state index < -0.39 is 40.9 Å². The lowest BCUT2D eigenvalue weighted by atomic mass is 10.1. The van der Waals surface area contributed by atoms with Crippen LogP contribution in [0.15, 0.2) is 67.0 Å². The van der Waals surface area contributed by atoms with Crippen LogP contribution < -0.4 is 29.4 Å². The van der Waals surface area contributed by atoms with Gasteiger partial charge in [-0.1, -0.05) is 12.1 Å². The number of rotatable bonds is 13. The van der Waals surface area contributed by atoms with Crippen molar-refractivity contribution in [2.24, 2.45) is 12.8 Å². The molecule has 0 spiro atoms. The third-order valence-electron chi connectivity index (χ3n) is 6.93. The number of phenolic OH excluding ortho intramolecular Hbond substituents is 1. The number of hydrogen-bond donors (Lipinski definition) is 4. The second-order valence-corrected chi connectivity index (χ2v) is 10.2. The first-order valence-electron chi connectivity index (χ1n) is 14.1. The van der Waals surface area contributed by atoms with Crippen molar-refractivity contribution in [1.29, 1.82) is 5.41 Å². The molecule has 0 saturated heterocycles. The summed E-state index contributed by atoms with van der Waals surface area (Å²) < 4.78 is 62.1. The summed E-state index contributed by atoms with van der Waals surface area (Å²) in [7, 11) is 4.36. The van der Waals surface area contributed by atoms with Gasteiger partial charge >= 0.3 is 5.97 Å². The molecule has 0 saturated carbocycles. The van der Waals surface area contributed by atoms with Gasteiger partial charge in [0.1, 0.15) is 17.4 Å². The fourth-order valence-corrected chi connectivity index (χ4v) is 4.56. The van der Waals surface area contributed by atoms with Gasteiger partial charge in [0.2, 0.25) is 23.1 Å². The quantitative estimate of drug-likeness (QED) is 0.0837. The number of carbonyl (C=O) groups is 1. The van der Waals surface area contributed by atoms with Gasteiger partial charge in [-0.15, -0.1) is 0 Å². The Morgan fingerprint density at radius 3 is 2.23 bits per heavy atom. The van der Waals surface area contributed by atoms with Crippen LogP contribution in [-0.2, 0) is 18.3 Å². The number of aromatic nitrogens is 3. The van der Waals surface area contributed by atoms with Crippen molar-refractivity contribution in [2.45, 2.75) is 12.8 Å². The lowest BCUT2D eigenvalue weighted by Crippen LogP contribution is -2.11. The Morgan fingerprint density at radius 2 is 1.62 bits per heavy atom. The molecule has 0 unspecified atom stereocenters. The Labute approximate surface area is 272 Å². The number of methoxy groups -OCH3 is 2. The molecule has 5 rings (SSSR count). The van der Waals surface area contributed by atoms with Crippen molar-refractivity contribution >= 4 is 11.8 Å². The highest BCUT2D eigenvalue weighted by molar-refractivity contribution is 5.95. The molecule has 2 heterocycles. The summed E-state index contributed by atoms with van der Waals surface area (Å²) in [4.78, 5) is 19.3. The number of nitrogens with one attached hydrogen (secondary N) is 1. The minimum Gasteiger partial charge on any atom is -0.504 e. The summed E-state index contributed by atoms with van der Waals surface area (Å²) in [6.45, 7) is 0. The molecular weight excluding hydrogens is 632 g/mol. The summed E-state index contributed by atoms with van der Waals surface area (Å²) >= 11 is 0. The summed E-state index contributed by atoms with van der Waals surface area (Å²) in [6, 6.07) is 13.1. The highest BCUT2D eigenvalue weighted by atomic mass is 19.1. The van der Waals surface area contributed by atoms with Gasteiger partial charge in [-0.05, 0) is 54.4 Å². The minimum atomic E-state index is -1.44. The lowest BCUT2D eigenvalue weighted by molar-refractivity contribution is -0.136. The predicted octanol–water partition coefficient (Wildman–Crippen LogP) is 6.16.